The first-order chi connectivity index (χ1) is 7.02. The SMILES string of the molecule is CN1CCn2c1c([N+](=O)[O-])cc(Br)c2=O. The Morgan fingerprint density at radius 3 is 2.80 bits per heavy atom. The molecule has 0 saturated carbocycles. The number of likely N-dealkylation sites (N-methyl/N-ethyl adjacent to an activating group) is 1. The summed E-state index contributed by atoms with van der Waals surface area (Å²) in [7, 11) is 1.74. The molecule has 0 radical (unpaired) electrons. The predicted octanol–water partition coefficient (Wildman–Crippen LogP) is 0.969. The predicted molar refractivity (Wildman–Crippen MR) is 58.3 cm³/mol. The topological polar surface area (TPSA) is 68.4 Å². The molecule has 0 fully saturated rings. The van der Waals surface area contributed by atoms with Gasteiger partial charge in [-0.25, -0.2) is 0 Å². The van der Waals surface area contributed by atoms with Gasteiger partial charge in [-0.1, -0.05) is 0 Å². The maximum atomic E-state index is 11.6. The number of pyridine rings is 1. The van der Waals surface area contributed by atoms with Gasteiger partial charge in [0.15, 0.2) is 5.82 Å². The fraction of sp³-hybridized carbons (Fsp3) is 0.375. The molecule has 0 atom stereocenters. The van der Waals surface area contributed by atoms with Crippen molar-refractivity contribution in [2.45, 2.75) is 6.54 Å². The lowest BCUT2D eigenvalue weighted by Gasteiger charge is -2.11. The Kier molecular flexibility index (Phi) is 2.26. The third kappa shape index (κ3) is 1.43. The molecule has 15 heavy (non-hydrogen) atoms. The molecule has 80 valence electrons. The van der Waals surface area contributed by atoms with Crippen LogP contribution < -0.4 is 10.5 Å². The third-order valence-electron chi connectivity index (χ3n) is 2.41. The molecule has 0 spiro atoms. The van der Waals surface area contributed by atoms with Crippen LogP contribution in [0.15, 0.2) is 15.3 Å². The summed E-state index contributed by atoms with van der Waals surface area (Å²) in [4.78, 5) is 23.7. The molecule has 0 N–H and O–H groups in total. The Bertz CT molecular complexity index is 497. The van der Waals surface area contributed by atoms with E-state index in [-0.39, 0.29) is 15.7 Å². The lowest BCUT2D eigenvalue weighted by molar-refractivity contribution is -0.384. The van der Waals surface area contributed by atoms with Gasteiger partial charge in [0.25, 0.3) is 5.56 Å². The van der Waals surface area contributed by atoms with Gasteiger partial charge >= 0.3 is 5.69 Å². The van der Waals surface area contributed by atoms with E-state index in [1.165, 1.54) is 10.6 Å². The van der Waals surface area contributed by atoms with Crippen molar-refractivity contribution in [2.75, 3.05) is 18.5 Å². The summed E-state index contributed by atoms with van der Waals surface area (Å²) in [6, 6.07) is 1.26. The van der Waals surface area contributed by atoms with Gasteiger partial charge in [-0.05, 0) is 15.9 Å². The molecule has 2 heterocycles. The Morgan fingerprint density at radius 1 is 1.53 bits per heavy atom. The van der Waals surface area contributed by atoms with E-state index in [1.54, 1.807) is 11.9 Å². The second-order valence-corrected chi connectivity index (χ2v) is 4.19. The number of hydrogen-bond acceptors (Lipinski definition) is 4. The van der Waals surface area contributed by atoms with Crippen LogP contribution in [0.4, 0.5) is 11.5 Å². The van der Waals surface area contributed by atoms with Crippen molar-refractivity contribution in [1.29, 1.82) is 0 Å². The zero-order valence-corrected chi connectivity index (χ0v) is 9.52. The summed E-state index contributed by atoms with van der Waals surface area (Å²) >= 11 is 3.03. The number of halogens is 1. The van der Waals surface area contributed by atoms with E-state index >= 15 is 0 Å². The van der Waals surface area contributed by atoms with Crippen molar-refractivity contribution in [3.63, 3.8) is 0 Å². The van der Waals surface area contributed by atoms with Gasteiger partial charge < -0.3 is 4.90 Å². The average Bonchev–Trinajstić information content (AvgIpc) is 2.54. The van der Waals surface area contributed by atoms with Gasteiger partial charge in [-0.2, -0.15) is 0 Å². The Morgan fingerprint density at radius 2 is 2.20 bits per heavy atom. The van der Waals surface area contributed by atoms with Gasteiger partial charge in [-0.15, -0.1) is 0 Å². The molecule has 0 saturated heterocycles. The van der Waals surface area contributed by atoms with Crippen molar-refractivity contribution < 1.29 is 4.92 Å². The van der Waals surface area contributed by atoms with Gasteiger partial charge in [-0.3, -0.25) is 19.5 Å². The molecule has 6 nitrogen and oxygen atoms in total. The molecule has 1 aliphatic heterocycles. The Hall–Kier alpha value is -1.37. The molecule has 1 aromatic rings. The van der Waals surface area contributed by atoms with Crippen molar-refractivity contribution >= 4 is 27.4 Å². The van der Waals surface area contributed by atoms with Gasteiger partial charge in [0, 0.05) is 26.2 Å². The van der Waals surface area contributed by atoms with Crippen LogP contribution in [0.2, 0.25) is 0 Å². The molecule has 2 rings (SSSR count). The van der Waals surface area contributed by atoms with E-state index < -0.39 is 4.92 Å². The van der Waals surface area contributed by atoms with Crippen LogP contribution in [0.1, 0.15) is 0 Å². The number of nitro groups is 1. The molecular formula is C8H8BrN3O3. The fourth-order valence-corrected chi connectivity index (χ4v) is 2.14. The summed E-state index contributed by atoms with van der Waals surface area (Å²) in [5.74, 6) is 0.383. The van der Waals surface area contributed by atoms with Gasteiger partial charge in [0.2, 0.25) is 0 Å². The number of hydrogen-bond donors (Lipinski definition) is 0. The highest BCUT2D eigenvalue weighted by Gasteiger charge is 2.28. The number of nitrogens with zero attached hydrogens (tertiary/aromatic N) is 3. The van der Waals surface area contributed by atoms with E-state index in [0.29, 0.717) is 18.9 Å². The van der Waals surface area contributed by atoms with E-state index in [9.17, 15) is 14.9 Å². The highest BCUT2D eigenvalue weighted by atomic mass is 79.9. The number of anilines is 1. The minimum absolute atomic E-state index is 0.0403. The average molecular weight is 274 g/mol. The number of rotatable bonds is 1. The minimum Gasteiger partial charge on any atom is -0.353 e. The van der Waals surface area contributed by atoms with Crippen LogP contribution in [-0.2, 0) is 6.54 Å². The second kappa shape index (κ2) is 3.34. The zero-order valence-electron chi connectivity index (χ0n) is 7.94. The highest BCUT2D eigenvalue weighted by Crippen LogP contribution is 2.31. The van der Waals surface area contributed by atoms with E-state index in [0.717, 1.165) is 0 Å². The standard InChI is InChI=1S/C8H8BrN3O3/c1-10-2-3-11-7(10)6(12(14)15)4-5(9)8(11)13/h4H,2-3H2,1H3. The quantitative estimate of drug-likeness (QED) is 0.565. The van der Waals surface area contributed by atoms with Gasteiger partial charge in [0.05, 0.1) is 9.40 Å². The van der Waals surface area contributed by atoms with Crippen molar-refractivity contribution in [3.8, 4) is 0 Å². The molecule has 1 aliphatic rings. The van der Waals surface area contributed by atoms with Crippen molar-refractivity contribution in [2.24, 2.45) is 0 Å². The molecule has 7 heteroatoms. The zero-order chi connectivity index (χ0) is 11.2. The first kappa shape index (κ1) is 10.2. The maximum Gasteiger partial charge on any atom is 0.311 e. The molecule has 0 unspecified atom stereocenters. The Labute approximate surface area is 93.4 Å². The smallest absolute Gasteiger partial charge is 0.311 e. The van der Waals surface area contributed by atoms with Crippen molar-refractivity contribution in [3.05, 3.63) is 31.0 Å². The minimum atomic E-state index is -0.474. The first-order valence-electron chi connectivity index (χ1n) is 4.31. The summed E-state index contributed by atoms with van der Waals surface area (Å²) in [5.41, 5.74) is -0.263. The highest BCUT2D eigenvalue weighted by molar-refractivity contribution is 9.10. The summed E-state index contributed by atoms with van der Waals surface area (Å²) in [6.45, 7) is 1.11. The van der Waals surface area contributed by atoms with Gasteiger partial charge in [0.1, 0.15) is 0 Å². The van der Waals surface area contributed by atoms with Crippen molar-refractivity contribution in [1.82, 2.24) is 4.57 Å². The van der Waals surface area contributed by atoms with Crippen LogP contribution in [0, 0.1) is 10.1 Å². The van der Waals surface area contributed by atoms with Crippen LogP contribution in [-0.4, -0.2) is 23.1 Å². The molecular weight excluding hydrogens is 266 g/mol. The van der Waals surface area contributed by atoms with Crippen LogP contribution in [0.3, 0.4) is 0 Å². The number of fused-ring (bicyclic) bond motifs is 1. The largest absolute Gasteiger partial charge is 0.353 e. The first-order valence-corrected chi connectivity index (χ1v) is 5.10. The summed E-state index contributed by atoms with van der Waals surface area (Å²) in [6.07, 6.45) is 0. The van der Waals surface area contributed by atoms with Crippen LogP contribution in [0.25, 0.3) is 0 Å². The molecule has 0 aliphatic carbocycles. The number of aromatic nitrogens is 1. The fourth-order valence-electron chi connectivity index (χ4n) is 1.71. The third-order valence-corrected chi connectivity index (χ3v) is 2.98. The maximum absolute atomic E-state index is 11.6. The lowest BCUT2D eigenvalue weighted by atomic mass is 10.4. The van der Waals surface area contributed by atoms with Crippen LogP contribution in [0.5, 0.6) is 0 Å². The molecule has 0 amide bonds. The summed E-state index contributed by atoms with van der Waals surface area (Å²) < 4.78 is 1.65. The second-order valence-electron chi connectivity index (χ2n) is 3.34. The lowest BCUT2D eigenvalue weighted by Crippen LogP contribution is -2.20. The Balaban J connectivity index is 2.79. The summed E-state index contributed by atoms with van der Waals surface area (Å²) in [5, 5.41) is 10.8. The normalized spacial score (nSPS) is 14.1. The molecule has 1 aromatic heterocycles. The monoisotopic (exact) mass is 273 g/mol. The van der Waals surface area contributed by atoms with E-state index in [4.69, 9.17) is 0 Å². The van der Waals surface area contributed by atoms with E-state index in [1.807, 2.05) is 0 Å². The molecule has 0 bridgehead atoms. The van der Waals surface area contributed by atoms with E-state index in [2.05, 4.69) is 15.9 Å². The molecule has 0 aromatic carbocycles. The van der Waals surface area contributed by atoms with Crippen LogP contribution >= 0.6 is 15.9 Å².